The maximum Gasteiger partial charge on any atom is 0.258 e. The van der Waals surface area contributed by atoms with Crippen LogP contribution >= 0.6 is 0 Å². The fourth-order valence-corrected chi connectivity index (χ4v) is 1.41. The number of carbonyl (C=O) groups is 1. The number of nitrogens with zero attached hydrogens (tertiary/aromatic N) is 2. The highest BCUT2D eigenvalue weighted by Crippen LogP contribution is 2.11. The molecule has 0 radical (unpaired) electrons. The first kappa shape index (κ1) is 11.3. The number of hydrogen-bond acceptors (Lipinski definition) is 3. The van der Waals surface area contributed by atoms with Crippen LogP contribution in [0.15, 0.2) is 18.2 Å². The number of H-pyrrole nitrogens is 1. The summed E-state index contributed by atoms with van der Waals surface area (Å²) in [6.07, 6.45) is 0. The predicted octanol–water partition coefficient (Wildman–Crippen LogP) is 1.81. The first-order chi connectivity index (χ1) is 8.06. The van der Waals surface area contributed by atoms with E-state index in [9.17, 15) is 9.18 Å². The lowest BCUT2D eigenvalue weighted by molar-refractivity contribution is 0.102. The van der Waals surface area contributed by atoms with Crippen molar-refractivity contribution in [3.05, 3.63) is 41.0 Å². The maximum absolute atomic E-state index is 13.0. The molecule has 2 rings (SSSR count). The fraction of sp³-hybridized carbons (Fsp3) is 0.182. The molecular weight excluding hydrogens is 223 g/mol. The minimum absolute atomic E-state index is 0.177. The summed E-state index contributed by atoms with van der Waals surface area (Å²) in [6, 6.07) is 4.04. The van der Waals surface area contributed by atoms with Crippen molar-refractivity contribution in [3.8, 4) is 0 Å². The smallest absolute Gasteiger partial charge is 0.258 e. The molecule has 17 heavy (non-hydrogen) atoms. The Hall–Kier alpha value is -2.24. The number of benzene rings is 1. The number of aromatic nitrogens is 3. The van der Waals surface area contributed by atoms with Crippen LogP contribution in [0.1, 0.15) is 21.7 Å². The summed E-state index contributed by atoms with van der Waals surface area (Å²) in [5, 5.41) is 8.86. The largest absolute Gasteiger partial charge is 0.289 e. The van der Waals surface area contributed by atoms with Gasteiger partial charge in [0, 0.05) is 5.56 Å². The van der Waals surface area contributed by atoms with Crippen molar-refractivity contribution in [2.75, 3.05) is 5.32 Å². The molecule has 0 spiro atoms. The van der Waals surface area contributed by atoms with Gasteiger partial charge in [0.1, 0.15) is 11.6 Å². The van der Waals surface area contributed by atoms with Gasteiger partial charge in [-0.05, 0) is 31.5 Å². The van der Waals surface area contributed by atoms with E-state index in [4.69, 9.17) is 0 Å². The molecule has 1 aromatic heterocycles. The number of rotatable bonds is 2. The molecule has 0 bridgehead atoms. The van der Waals surface area contributed by atoms with Gasteiger partial charge in [-0.25, -0.2) is 4.39 Å². The van der Waals surface area contributed by atoms with Gasteiger partial charge in [-0.15, -0.1) is 5.10 Å². The topological polar surface area (TPSA) is 70.7 Å². The third-order valence-electron chi connectivity index (χ3n) is 2.27. The van der Waals surface area contributed by atoms with Gasteiger partial charge < -0.3 is 0 Å². The molecule has 0 aliphatic heterocycles. The van der Waals surface area contributed by atoms with Gasteiger partial charge in [-0.1, -0.05) is 6.07 Å². The first-order valence-corrected chi connectivity index (χ1v) is 5.03. The number of aromatic amines is 1. The normalized spacial score (nSPS) is 10.3. The summed E-state index contributed by atoms with van der Waals surface area (Å²) >= 11 is 0. The molecule has 5 nitrogen and oxygen atoms in total. The first-order valence-electron chi connectivity index (χ1n) is 5.03. The standard InChI is InChI=1S/C11H11FN4O/c1-6-3-4-8(12)5-9(6)10(17)14-11-13-7(2)15-16-11/h3-5H,1-2H3,(H2,13,14,15,16,17). The van der Waals surface area contributed by atoms with E-state index in [2.05, 4.69) is 20.5 Å². The van der Waals surface area contributed by atoms with Gasteiger partial charge in [-0.3, -0.25) is 15.2 Å². The van der Waals surface area contributed by atoms with E-state index in [0.29, 0.717) is 11.4 Å². The molecule has 0 aliphatic rings. The number of halogens is 1. The number of aryl methyl sites for hydroxylation is 2. The van der Waals surface area contributed by atoms with Crippen molar-refractivity contribution in [3.63, 3.8) is 0 Å². The minimum atomic E-state index is -0.452. The molecule has 88 valence electrons. The molecule has 6 heteroatoms. The Bertz CT molecular complexity index is 564. The molecule has 0 unspecified atom stereocenters. The molecule has 1 amide bonds. The van der Waals surface area contributed by atoms with Gasteiger partial charge >= 0.3 is 0 Å². The average Bonchev–Trinajstić information content (AvgIpc) is 2.67. The molecule has 1 heterocycles. The van der Waals surface area contributed by atoms with Crippen LogP contribution in [-0.4, -0.2) is 21.1 Å². The van der Waals surface area contributed by atoms with Crippen molar-refractivity contribution in [1.29, 1.82) is 0 Å². The van der Waals surface area contributed by atoms with E-state index < -0.39 is 11.7 Å². The zero-order valence-electron chi connectivity index (χ0n) is 9.41. The zero-order valence-corrected chi connectivity index (χ0v) is 9.41. The van der Waals surface area contributed by atoms with Crippen LogP contribution in [0.25, 0.3) is 0 Å². The Morgan fingerprint density at radius 3 is 2.82 bits per heavy atom. The lowest BCUT2D eigenvalue weighted by atomic mass is 10.1. The molecular formula is C11H11FN4O. The number of carbonyl (C=O) groups excluding carboxylic acids is 1. The highest BCUT2D eigenvalue weighted by molar-refractivity contribution is 6.04. The van der Waals surface area contributed by atoms with E-state index in [1.54, 1.807) is 19.9 Å². The fourth-order valence-electron chi connectivity index (χ4n) is 1.41. The second-order valence-electron chi connectivity index (χ2n) is 3.66. The van der Waals surface area contributed by atoms with Crippen LogP contribution in [0.2, 0.25) is 0 Å². The van der Waals surface area contributed by atoms with E-state index in [1.807, 2.05) is 0 Å². The van der Waals surface area contributed by atoms with Gasteiger partial charge in [0.25, 0.3) is 5.91 Å². The average molecular weight is 234 g/mol. The Morgan fingerprint density at radius 1 is 1.41 bits per heavy atom. The molecule has 0 saturated heterocycles. The minimum Gasteiger partial charge on any atom is -0.289 e. The summed E-state index contributed by atoms with van der Waals surface area (Å²) in [5.74, 6) is -0.111. The number of amides is 1. The summed E-state index contributed by atoms with van der Waals surface area (Å²) < 4.78 is 13.0. The third kappa shape index (κ3) is 2.47. The second kappa shape index (κ2) is 4.32. The lowest BCUT2D eigenvalue weighted by Gasteiger charge is -2.04. The van der Waals surface area contributed by atoms with Crippen LogP contribution in [0.3, 0.4) is 0 Å². The summed E-state index contributed by atoms with van der Waals surface area (Å²) in [5.41, 5.74) is 0.962. The van der Waals surface area contributed by atoms with E-state index in [-0.39, 0.29) is 11.5 Å². The van der Waals surface area contributed by atoms with Crippen molar-refractivity contribution >= 4 is 11.9 Å². The van der Waals surface area contributed by atoms with Gasteiger partial charge in [-0.2, -0.15) is 4.98 Å². The van der Waals surface area contributed by atoms with Crippen LogP contribution in [0, 0.1) is 19.7 Å². The Balaban J connectivity index is 2.22. The Kier molecular flexibility index (Phi) is 2.86. The van der Waals surface area contributed by atoms with Crippen molar-refractivity contribution in [1.82, 2.24) is 15.2 Å². The number of anilines is 1. The molecule has 1 aromatic carbocycles. The quantitative estimate of drug-likeness (QED) is 0.832. The molecule has 0 saturated carbocycles. The zero-order chi connectivity index (χ0) is 12.4. The summed E-state index contributed by atoms with van der Waals surface area (Å²) in [6.45, 7) is 3.45. The van der Waals surface area contributed by atoms with E-state index in [0.717, 1.165) is 0 Å². The van der Waals surface area contributed by atoms with Crippen LogP contribution in [0.4, 0.5) is 10.3 Å². The Labute approximate surface area is 97.1 Å². The number of nitrogens with one attached hydrogen (secondary N) is 2. The third-order valence-corrected chi connectivity index (χ3v) is 2.27. The highest BCUT2D eigenvalue weighted by atomic mass is 19.1. The van der Waals surface area contributed by atoms with E-state index >= 15 is 0 Å². The predicted molar refractivity (Wildman–Crippen MR) is 60.2 cm³/mol. The Morgan fingerprint density at radius 2 is 2.18 bits per heavy atom. The van der Waals surface area contributed by atoms with Crippen LogP contribution in [0.5, 0.6) is 0 Å². The monoisotopic (exact) mass is 234 g/mol. The second-order valence-corrected chi connectivity index (χ2v) is 3.66. The lowest BCUT2D eigenvalue weighted by Crippen LogP contribution is -2.14. The maximum atomic E-state index is 13.0. The van der Waals surface area contributed by atoms with E-state index in [1.165, 1.54) is 12.1 Å². The molecule has 0 atom stereocenters. The SMILES string of the molecule is Cc1nc(NC(=O)c2cc(F)ccc2C)n[nH]1. The van der Waals surface area contributed by atoms with Crippen molar-refractivity contribution < 1.29 is 9.18 Å². The molecule has 0 aliphatic carbocycles. The highest BCUT2D eigenvalue weighted by Gasteiger charge is 2.12. The summed E-state index contributed by atoms with van der Waals surface area (Å²) in [4.78, 5) is 15.8. The molecule has 2 N–H and O–H groups in total. The summed E-state index contributed by atoms with van der Waals surface area (Å²) in [7, 11) is 0. The van der Waals surface area contributed by atoms with Gasteiger partial charge in [0.2, 0.25) is 5.95 Å². The van der Waals surface area contributed by atoms with Crippen molar-refractivity contribution in [2.45, 2.75) is 13.8 Å². The molecule has 0 fully saturated rings. The molecule has 2 aromatic rings. The van der Waals surface area contributed by atoms with Gasteiger partial charge in [0.05, 0.1) is 0 Å². The number of hydrogen-bond donors (Lipinski definition) is 2. The van der Waals surface area contributed by atoms with Crippen LogP contribution in [-0.2, 0) is 0 Å². The van der Waals surface area contributed by atoms with Crippen LogP contribution < -0.4 is 5.32 Å². The van der Waals surface area contributed by atoms with Gasteiger partial charge in [0.15, 0.2) is 0 Å². The van der Waals surface area contributed by atoms with Crippen molar-refractivity contribution in [2.24, 2.45) is 0 Å².